The Kier molecular flexibility index (Phi) is 5.28. The summed E-state index contributed by atoms with van der Waals surface area (Å²) in [6, 6.07) is 0. The van der Waals surface area contributed by atoms with Crippen molar-refractivity contribution >= 4 is 20.0 Å². The molecule has 0 spiro atoms. The molecular formula is C6H9F6NO4S2. The Morgan fingerprint density at radius 2 is 1.16 bits per heavy atom. The third-order valence-electron chi connectivity index (χ3n) is 1.82. The van der Waals surface area contributed by atoms with Crippen LogP contribution >= 0.6 is 0 Å². The molecule has 5 nitrogen and oxygen atoms in total. The number of rotatable bonds is 5. The van der Waals surface area contributed by atoms with Crippen molar-refractivity contribution in [2.75, 3.05) is 6.54 Å². The van der Waals surface area contributed by atoms with E-state index in [0.717, 1.165) is 0 Å². The smallest absolute Gasteiger partial charge is 0.202 e. The standard InChI is InChI=1S/C6H9F6NO4S2/c1-2-3-4-13(18(14,15)5(7,8)9)19(16,17)6(10,11)12/h2-4H2,1H3. The van der Waals surface area contributed by atoms with E-state index in [9.17, 15) is 43.2 Å². The van der Waals surface area contributed by atoms with Crippen LogP contribution in [0, 0.1) is 0 Å². The summed E-state index contributed by atoms with van der Waals surface area (Å²) in [5, 5.41) is 0. The van der Waals surface area contributed by atoms with Crippen LogP contribution in [-0.4, -0.2) is 38.1 Å². The molecule has 0 bridgehead atoms. The van der Waals surface area contributed by atoms with Gasteiger partial charge in [-0.05, 0) is 6.42 Å². The lowest BCUT2D eigenvalue weighted by molar-refractivity contribution is -0.0531. The first-order valence-electron chi connectivity index (χ1n) is 4.60. The molecule has 0 heterocycles. The van der Waals surface area contributed by atoms with Gasteiger partial charge in [0, 0.05) is 6.54 Å². The van der Waals surface area contributed by atoms with Crippen molar-refractivity contribution in [3.8, 4) is 0 Å². The molecule has 0 aromatic rings. The summed E-state index contributed by atoms with van der Waals surface area (Å²) < 4.78 is 115. The number of hydrogen-bond acceptors (Lipinski definition) is 4. The molecule has 13 heteroatoms. The van der Waals surface area contributed by atoms with Crippen LogP contribution in [0.5, 0.6) is 0 Å². The molecule has 0 N–H and O–H groups in total. The van der Waals surface area contributed by atoms with Crippen LogP contribution in [0.1, 0.15) is 19.8 Å². The number of unbranched alkanes of at least 4 members (excludes halogenated alkanes) is 1. The molecule has 0 radical (unpaired) electrons. The molecule has 0 aliphatic heterocycles. The SMILES string of the molecule is CCCCN(S(=O)(=O)C(F)(F)F)S(=O)(=O)C(F)(F)F. The third-order valence-corrected chi connectivity index (χ3v) is 5.60. The Labute approximate surface area is 105 Å². The lowest BCUT2D eigenvalue weighted by Crippen LogP contribution is -2.49. The van der Waals surface area contributed by atoms with E-state index in [1.807, 2.05) is 0 Å². The molecule has 0 aliphatic carbocycles. The predicted molar refractivity (Wildman–Crippen MR) is 51.6 cm³/mol. The average Bonchev–Trinajstić information content (AvgIpc) is 2.13. The fourth-order valence-electron chi connectivity index (χ4n) is 0.888. The molecule has 0 atom stereocenters. The van der Waals surface area contributed by atoms with Crippen LogP contribution in [0.4, 0.5) is 26.3 Å². The fraction of sp³-hybridized carbons (Fsp3) is 1.00. The Morgan fingerprint density at radius 1 is 0.842 bits per heavy atom. The summed E-state index contributed by atoms with van der Waals surface area (Å²) in [6.45, 7) is -0.0984. The van der Waals surface area contributed by atoms with Gasteiger partial charge in [-0.2, -0.15) is 26.3 Å². The highest BCUT2D eigenvalue weighted by Gasteiger charge is 2.61. The van der Waals surface area contributed by atoms with Crippen molar-refractivity contribution in [2.45, 2.75) is 30.8 Å². The monoisotopic (exact) mass is 337 g/mol. The zero-order valence-electron chi connectivity index (χ0n) is 9.29. The minimum atomic E-state index is -6.63. The molecule has 0 aliphatic rings. The average molecular weight is 337 g/mol. The maximum absolute atomic E-state index is 12.2. The number of sulfonamides is 2. The first kappa shape index (κ1) is 18.4. The van der Waals surface area contributed by atoms with Crippen molar-refractivity contribution in [3.05, 3.63) is 0 Å². The highest BCUT2D eigenvalue weighted by Crippen LogP contribution is 2.35. The van der Waals surface area contributed by atoms with Gasteiger partial charge in [-0.1, -0.05) is 17.1 Å². The van der Waals surface area contributed by atoms with Crippen LogP contribution in [0.3, 0.4) is 0 Å². The molecular weight excluding hydrogens is 328 g/mol. The number of halogens is 6. The van der Waals surface area contributed by atoms with E-state index in [2.05, 4.69) is 0 Å². The molecule has 0 rings (SSSR count). The Bertz CT molecular complexity index is 461. The van der Waals surface area contributed by atoms with Gasteiger partial charge in [-0.25, -0.2) is 16.8 Å². The quantitative estimate of drug-likeness (QED) is 0.717. The lowest BCUT2D eigenvalue weighted by atomic mass is 10.3. The fourth-order valence-corrected chi connectivity index (χ4v) is 3.63. The van der Waals surface area contributed by atoms with Crippen LogP contribution < -0.4 is 0 Å². The third kappa shape index (κ3) is 3.72. The molecule has 116 valence electrons. The second kappa shape index (κ2) is 5.44. The molecule has 0 aromatic heterocycles. The van der Waals surface area contributed by atoms with E-state index in [0.29, 0.717) is 0 Å². The van der Waals surface area contributed by atoms with Crippen LogP contribution in [0.15, 0.2) is 0 Å². The minimum absolute atomic E-state index is 0.00272. The van der Waals surface area contributed by atoms with Gasteiger partial charge in [-0.3, -0.25) is 0 Å². The van der Waals surface area contributed by atoms with Crippen molar-refractivity contribution in [3.63, 3.8) is 0 Å². The van der Waals surface area contributed by atoms with Crippen LogP contribution in [0.2, 0.25) is 0 Å². The van der Waals surface area contributed by atoms with E-state index < -0.39 is 47.7 Å². The van der Waals surface area contributed by atoms with E-state index in [1.54, 1.807) is 0 Å². The van der Waals surface area contributed by atoms with Crippen LogP contribution in [0.25, 0.3) is 0 Å². The summed E-state index contributed by atoms with van der Waals surface area (Å²) in [5.74, 6) is 0. The van der Waals surface area contributed by atoms with Gasteiger partial charge in [0.15, 0.2) is 0 Å². The Balaban J connectivity index is 5.90. The van der Waals surface area contributed by atoms with Gasteiger partial charge in [-0.15, -0.1) is 0 Å². The van der Waals surface area contributed by atoms with Crippen LogP contribution in [-0.2, 0) is 20.0 Å². The maximum Gasteiger partial charge on any atom is 0.512 e. The van der Waals surface area contributed by atoms with E-state index >= 15 is 0 Å². The number of alkyl halides is 6. The summed E-state index contributed by atoms with van der Waals surface area (Å²) in [7, 11) is -13.3. The number of hydrogen-bond donors (Lipinski definition) is 0. The largest absolute Gasteiger partial charge is 0.512 e. The summed E-state index contributed by atoms with van der Waals surface area (Å²) >= 11 is 0. The zero-order valence-corrected chi connectivity index (χ0v) is 10.9. The van der Waals surface area contributed by atoms with Gasteiger partial charge in [0.1, 0.15) is 0 Å². The molecule has 0 unspecified atom stereocenters. The molecule has 0 saturated heterocycles. The summed E-state index contributed by atoms with van der Waals surface area (Å²) in [6.07, 6.45) is -0.484. The van der Waals surface area contributed by atoms with E-state index in [1.165, 1.54) is 6.92 Å². The highest BCUT2D eigenvalue weighted by atomic mass is 32.3. The first-order chi connectivity index (χ1) is 8.19. The first-order valence-corrected chi connectivity index (χ1v) is 7.48. The van der Waals surface area contributed by atoms with Crippen molar-refractivity contribution < 1.29 is 43.2 Å². The lowest BCUT2D eigenvalue weighted by Gasteiger charge is -2.23. The molecule has 0 amide bonds. The van der Waals surface area contributed by atoms with Crippen molar-refractivity contribution in [2.24, 2.45) is 0 Å². The van der Waals surface area contributed by atoms with Gasteiger partial charge < -0.3 is 0 Å². The second-order valence-corrected chi connectivity index (χ2v) is 7.19. The molecule has 0 saturated carbocycles. The van der Waals surface area contributed by atoms with Gasteiger partial charge in [0.05, 0.1) is 0 Å². The van der Waals surface area contributed by atoms with E-state index in [4.69, 9.17) is 0 Å². The minimum Gasteiger partial charge on any atom is -0.202 e. The topological polar surface area (TPSA) is 71.5 Å². The van der Waals surface area contributed by atoms with E-state index in [-0.39, 0.29) is 6.42 Å². The Hall–Kier alpha value is -0.560. The molecule has 0 aromatic carbocycles. The summed E-state index contributed by atoms with van der Waals surface area (Å²) in [4.78, 5) is 0. The molecule has 19 heavy (non-hydrogen) atoms. The second-order valence-electron chi connectivity index (χ2n) is 3.25. The predicted octanol–water partition coefficient (Wildman–Crippen LogP) is 1.79. The van der Waals surface area contributed by atoms with Crippen molar-refractivity contribution in [1.82, 2.24) is 3.71 Å². The number of nitrogens with zero attached hydrogens (tertiary/aromatic N) is 1. The van der Waals surface area contributed by atoms with Gasteiger partial charge in [0.25, 0.3) is 0 Å². The molecule has 0 fully saturated rings. The highest BCUT2D eigenvalue weighted by molar-refractivity contribution is 8.04. The zero-order chi connectivity index (χ0) is 15.7. The Morgan fingerprint density at radius 3 is 1.37 bits per heavy atom. The maximum atomic E-state index is 12.2. The van der Waals surface area contributed by atoms with Crippen molar-refractivity contribution in [1.29, 1.82) is 0 Å². The normalized spacial score (nSPS) is 14.9. The van der Waals surface area contributed by atoms with Gasteiger partial charge >= 0.3 is 31.1 Å². The van der Waals surface area contributed by atoms with Gasteiger partial charge in [0.2, 0.25) is 0 Å². The summed E-state index contributed by atoms with van der Waals surface area (Å²) in [5.41, 5.74) is -12.3.